The summed E-state index contributed by atoms with van der Waals surface area (Å²) in [5, 5.41) is 0. The summed E-state index contributed by atoms with van der Waals surface area (Å²) in [6.07, 6.45) is 3.22. The van der Waals surface area contributed by atoms with Gasteiger partial charge in [-0.1, -0.05) is 31.2 Å². The molecule has 5 nitrogen and oxygen atoms in total. The van der Waals surface area contributed by atoms with Crippen LogP contribution in [0, 0.1) is 5.92 Å². The average molecular weight is 387 g/mol. The van der Waals surface area contributed by atoms with Gasteiger partial charge in [-0.15, -0.1) is 0 Å². The summed E-state index contributed by atoms with van der Waals surface area (Å²) in [5.74, 6) is 0.500. The third-order valence-corrected chi connectivity index (χ3v) is 6.60. The molecule has 1 aliphatic carbocycles. The maximum atomic E-state index is 13.0. The van der Waals surface area contributed by atoms with Gasteiger partial charge in [-0.3, -0.25) is 9.10 Å². The molecule has 0 spiro atoms. The Morgan fingerprint density at radius 1 is 1.07 bits per heavy atom. The Morgan fingerprint density at radius 3 is 2.41 bits per heavy atom. The predicted octanol–water partition coefficient (Wildman–Crippen LogP) is 3.77. The van der Waals surface area contributed by atoms with Gasteiger partial charge >= 0.3 is 0 Å². The average Bonchev–Trinajstić information content (AvgIpc) is 3.51. The largest absolute Gasteiger partial charge is 0.338 e. The fraction of sp³-hybridized carbons (Fsp3) is 0.381. The number of amides is 1. The molecule has 0 N–H and O–H groups in total. The van der Waals surface area contributed by atoms with Crippen molar-refractivity contribution >= 4 is 21.6 Å². The lowest BCUT2D eigenvalue weighted by Gasteiger charge is -2.23. The van der Waals surface area contributed by atoms with Gasteiger partial charge in [0, 0.05) is 25.7 Å². The second-order valence-electron chi connectivity index (χ2n) is 7.03. The van der Waals surface area contributed by atoms with E-state index >= 15 is 0 Å². The van der Waals surface area contributed by atoms with Gasteiger partial charge in [0.05, 0.1) is 10.6 Å². The predicted molar refractivity (Wildman–Crippen MR) is 107 cm³/mol. The fourth-order valence-corrected chi connectivity index (χ4v) is 4.31. The van der Waals surface area contributed by atoms with Crippen molar-refractivity contribution < 1.29 is 13.2 Å². The highest BCUT2D eigenvalue weighted by atomic mass is 32.2. The second-order valence-corrected chi connectivity index (χ2v) is 9.00. The molecule has 2 aromatic rings. The molecule has 1 amide bonds. The summed E-state index contributed by atoms with van der Waals surface area (Å²) >= 11 is 0. The molecular weight excluding hydrogens is 360 g/mol. The molecule has 0 atom stereocenters. The van der Waals surface area contributed by atoms with Gasteiger partial charge < -0.3 is 4.90 Å². The highest BCUT2D eigenvalue weighted by Gasteiger charge is 2.28. The number of rotatable bonds is 8. The smallest absolute Gasteiger partial charge is 0.264 e. The molecule has 1 saturated carbocycles. The van der Waals surface area contributed by atoms with E-state index in [4.69, 9.17) is 0 Å². The van der Waals surface area contributed by atoms with Crippen LogP contribution in [0.3, 0.4) is 0 Å². The van der Waals surface area contributed by atoms with Crippen molar-refractivity contribution in [1.29, 1.82) is 0 Å². The van der Waals surface area contributed by atoms with Crippen LogP contribution in [0.15, 0.2) is 59.5 Å². The number of sulfonamides is 1. The molecule has 0 radical (unpaired) electrons. The van der Waals surface area contributed by atoms with E-state index in [9.17, 15) is 13.2 Å². The topological polar surface area (TPSA) is 57.7 Å². The van der Waals surface area contributed by atoms with E-state index in [1.165, 1.54) is 36.3 Å². The molecule has 0 aromatic heterocycles. The Labute approximate surface area is 161 Å². The van der Waals surface area contributed by atoms with Gasteiger partial charge in [-0.05, 0) is 55.5 Å². The molecule has 0 aliphatic heterocycles. The molecule has 0 saturated heterocycles. The van der Waals surface area contributed by atoms with E-state index in [2.05, 4.69) is 0 Å². The highest BCUT2D eigenvalue weighted by molar-refractivity contribution is 7.92. The van der Waals surface area contributed by atoms with Crippen molar-refractivity contribution in [2.75, 3.05) is 24.4 Å². The van der Waals surface area contributed by atoms with Crippen LogP contribution in [-0.2, 0) is 10.0 Å². The Morgan fingerprint density at radius 2 is 1.78 bits per heavy atom. The second kappa shape index (κ2) is 8.13. The first kappa shape index (κ1) is 19.4. The molecule has 1 fully saturated rings. The van der Waals surface area contributed by atoms with Gasteiger partial charge in [-0.25, -0.2) is 8.42 Å². The lowest BCUT2D eigenvalue weighted by molar-refractivity contribution is 0.0747. The fourth-order valence-electron chi connectivity index (χ4n) is 3.06. The number of benzene rings is 2. The minimum Gasteiger partial charge on any atom is -0.338 e. The molecule has 0 bridgehead atoms. The van der Waals surface area contributed by atoms with E-state index in [1.807, 2.05) is 17.9 Å². The SMILES string of the molecule is CCCN(CC1CC1)C(=O)c1cccc(S(=O)(=O)N(C)c2ccccc2)c1. The molecule has 0 heterocycles. The zero-order chi connectivity index (χ0) is 19.4. The van der Waals surface area contributed by atoms with Crippen LogP contribution in [0.5, 0.6) is 0 Å². The molecule has 144 valence electrons. The minimum absolute atomic E-state index is 0.0943. The normalized spacial score (nSPS) is 14.0. The lowest BCUT2D eigenvalue weighted by atomic mass is 10.2. The third kappa shape index (κ3) is 4.50. The van der Waals surface area contributed by atoms with Gasteiger partial charge in [0.1, 0.15) is 0 Å². The zero-order valence-electron chi connectivity index (χ0n) is 15.8. The molecule has 6 heteroatoms. The van der Waals surface area contributed by atoms with Crippen LogP contribution in [0.25, 0.3) is 0 Å². The van der Waals surface area contributed by atoms with E-state index in [0.29, 0.717) is 23.7 Å². The first-order valence-electron chi connectivity index (χ1n) is 9.36. The molecule has 0 unspecified atom stereocenters. The zero-order valence-corrected chi connectivity index (χ0v) is 16.7. The summed E-state index contributed by atoms with van der Waals surface area (Å²) in [4.78, 5) is 14.9. The van der Waals surface area contributed by atoms with Crippen LogP contribution in [0.2, 0.25) is 0 Å². The lowest BCUT2D eigenvalue weighted by Crippen LogP contribution is -2.34. The van der Waals surface area contributed by atoms with Gasteiger partial charge in [0.15, 0.2) is 0 Å². The van der Waals surface area contributed by atoms with Gasteiger partial charge in [0.2, 0.25) is 0 Å². The quantitative estimate of drug-likeness (QED) is 0.694. The number of carbonyl (C=O) groups is 1. The van der Waals surface area contributed by atoms with Gasteiger partial charge in [-0.2, -0.15) is 0 Å². The van der Waals surface area contributed by atoms with Crippen molar-refractivity contribution in [3.63, 3.8) is 0 Å². The van der Waals surface area contributed by atoms with E-state index in [1.54, 1.807) is 36.4 Å². The van der Waals surface area contributed by atoms with E-state index in [-0.39, 0.29) is 10.8 Å². The van der Waals surface area contributed by atoms with Crippen molar-refractivity contribution in [2.45, 2.75) is 31.1 Å². The first-order chi connectivity index (χ1) is 12.9. The van der Waals surface area contributed by atoms with Gasteiger partial charge in [0.25, 0.3) is 15.9 Å². The molecular formula is C21H26N2O3S. The number of hydrogen-bond donors (Lipinski definition) is 0. The number of para-hydroxylation sites is 1. The minimum atomic E-state index is -3.73. The number of carbonyl (C=O) groups excluding carboxylic acids is 1. The first-order valence-corrected chi connectivity index (χ1v) is 10.8. The van der Waals surface area contributed by atoms with Crippen LogP contribution < -0.4 is 4.31 Å². The van der Waals surface area contributed by atoms with Crippen LogP contribution in [-0.4, -0.2) is 39.4 Å². The third-order valence-electron chi connectivity index (χ3n) is 4.82. The molecule has 2 aromatic carbocycles. The standard InChI is InChI=1S/C21H26N2O3S/c1-3-14-23(16-17-12-13-17)21(24)18-8-7-11-20(15-18)27(25,26)22(2)19-9-5-4-6-10-19/h4-11,15,17H,3,12-14,16H2,1-2H3. The van der Waals surface area contributed by atoms with E-state index in [0.717, 1.165) is 13.0 Å². The Hall–Kier alpha value is -2.34. The number of nitrogens with zero attached hydrogens (tertiary/aromatic N) is 2. The monoisotopic (exact) mass is 386 g/mol. The number of hydrogen-bond acceptors (Lipinski definition) is 3. The van der Waals surface area contributed by atoms with Crippen molar-refractivity contribution in [3.05, 3.63) is 60.2 Å². The Kier molecular flexibility index (Phi) is 5.85. The molecule has 27 heavy (non-hydrogen) atoms. The van der Waals surface area contributed by atoms with Crippen LogP contribution in [0.4, 0.5) is 5.69 Å². The maximum Gasteiger partial charge on any atom is 0.264 e. The molecule has 3 rings (SSSR count). The summed E-state index contributed by atoms with van der Waals surface area (Å²) in [6, 6.07) is 15.3. The number of anilines is 1. The van der Waals surface area contributed by atoms with Crippen molar-refractivity contribution in [2.24, 2.45) is 5.92 Å². The highest BCUT2D eigenvalue weighted by Crippen LogP contribution is 2.30. The van der Waals surface area contributed by atoms with Crippen LogP contribution in [0.1, 0.15) is 36.5 Å². The summed E-state index contributed by atoms with van der Waals surface area (Å²) in [7, 11) is -2.21. The maximum absolute atomic E-state index is 13.0. The van der Waals surface area contributed by atoms with Crippen molar-refractivity contribution in [3.8, 4) is 0 Å². The van der Waals surface area contributed by atoms with E-state index < -0.39 is 10.0 Å². The Bertz CT molecular complexity index is 893. The summed E-state index contributed by atoms with van der Waals surface area (Å²) < 4.78 is 27.2. The summed E-state index contributed by atoms with van der Waals surface area (Å²) in [5.41, 5.74) is 1.00. The van der Waals surface area contributed by atoms with Crippen molar-refractivity contribution in [1.82, 2.24) is 4.90 Å². The summed E-state index contributed by atoms with van der Waals surface area (Å²) in [6.45, 7) is 3.49. The Balaban J connectivity index is 1.86. The van der Waals surface area contributed by atoms with Crippen LogP contribution >= 0.6 is 0 Å². The molecule has 1 aliphatic rings.